The van der Waals surface area contributed by atoms with E-state index in [4.69, 9.17) is 0 Å². The summed E-state index contributed by atoms with van der Waals surface area (Å²) in [5, 5.41) is 1.37. The van der Waals surface area contributed by atoms with Gasteiger partial charge in [0.2, 0.25) is 0 Å². The van der Waals surface area contributed by atoms with Gasteiger partial charge in [-0.3, -0.25) is 0 Å². The first-order valence-electron chi connectivity index (χ1n) is 9.14. The predicted octanol–water partition coefficient (Wildman–Crippen LogP) is 8.42. The van der Waals surface area contributed by atoms with Crippen molar-refractivity contribution in [2.45, 2.75) is 0 Å². The maximum atomic E-state index is 2.27. The lowest BCUT2D eigenvalue weighted by atomic mass is 9.93. The molecule has 0 saturated carbocycles. The van der Waals surface area contributed by atoms with Gasteiger partial charge in [-0.1, -0.05) is 115 Å². The Morgan fingerprint density at radius 1 is 0.429 bits per heavy atom. The van der Waals surface area contributed by atoms with E-state index < -0.39 is 0 Å². The zero-order valence-corrected chi connectivity index (χ0v) is 18.2. The predicted molar refractivity (Wildman–Crippen MR) is 130 cm³/mol. The summed E-state index contributed by atoms with van der Waals surface area (Å²) < 4.78 is 0. The van der Waals surface area contributed by atoms with E-state index in [0.717, 1.165) is 0 Å². The summed E-state index contributed by atoms with van der Waals surface area (Å²) in [6, 6.07) is 40.8. The summed E-state index contributed by atoms with van der Waals surface area (Å²) in [6.07, 6.45) is 0. The largest absolute Gasteiger partial charge is 0.131 e. The molecule has 0 saturated heterocycles. The van der Waals surface area contributed by atoms with Crippen molar-refractivity contribution in [1.82, 2.24) is 0 Å². The molecule has 28 heavy (non-hydrogen) atoms. The average Bonchev–Trinajstić information content (AvgIpc) is 2.86. The third-order valence-corrected chi connectivity index (χ3v) is 5.72. The third kappa shape index (κ3) is 4.62. The molecule has 0 radical (unpaired) electrons. The van der Waals surface area contributed by atoms with Crippen LogP contribution in [0.5, 0.6) is 0 Å². The fourth-order valence-corrected chi connectivity index (χ4v) is 4.42. The quantitative estimate of drug-likeness (QED) is 0.297. The van der Waals surface area contributed by atoms with E-state index in [-0.39, 0.29) is 17.0 Å². The van der Waals surface area contributed by atoms with Gasteiger partial charge in [0.15, 0.2) is 0 Å². The highest BCUT2D eigenvalue weighted by Gasteiger charge is 2.11. The second-order valence-corrected chi connectivity index (χ2v) is 7.44. The minimum absolute atomic E-state index is 0. The van der Waals surface area contributed by atoms with Crippen molar-refractivity contribution in [3.05, 3.63) is 121 Å². The Morgan fingerprint density at radius 3 is 1.50 bits per heavy atom. The molecule has 0 fully saturated rings. The Kier molecular flexibility index (Phi) is 7.25. The fourth-order valence-electron chi connectivity index (χ4n) is 3.29. The number of benzene rings is 3. The summed E-state index contributed by atoms with van der Waals surface area (Å²) in [4.78, 5) is 0. The van der Waals surface area contributed by atoms with Gasteiger partial charge in [0.25, 0.3) is 0 Å². The minimum atomic E-state index is 0. The molecule has 1 atom stereocenters. The van der Waals surface area contributed by atoms with Gasteiger partial charge in [-0.05, 0) is 28.1 Å². The SMILES string of the molecule is Br.c1ccc(-c2ccccc[pH]c(-c3ccccc3)c2-c2ccccc2)cc1. The lowest BCUT2D eigenvalue weighted by Crippen LogP contribution is -1.86. The molecule has 1 unspecified atom stereocenters. The number of hydrogen-bond acceptors (Lipinski definition) is 0. The van der Waals surface area contributed by atoms with E-state index in [2.05, 4.69) is 121 Å². The van der Waals surface area contributed by atoms with E-state index in [1.54, 1.807) is 0 Å². The van der Waals surface area contributed by atoms with Crippen molar-refractivity contribution in [1.29, 1.82) is 0 Å². The maximum Gasteiger partial charge on any atom is 0.00662 e. The third-order valence-electron chi connectivity index (χ3n) is 4.54. The minimum Gasteiger partial charge on any atom is -0.131 e. The lowest BCUT2D eigenvalue weighted by molar-refractivity contribution is 1.60. The van der Waals surface area contributed by atoms with Crippen LogP contribution in [0.1, 0.15) is 0 Å². The smallest absolute Gasteiger partial charge is 0.00662 e. The van der Waals surface area contributed by atoms with Gasteiger partial charge in [0, 0.05) is 10.9 Å². The molecule has 0 amide bonds. The van der Waals surface area contributed by atoms with Crippen LogP contribution in [0.25, 0.3) is 33.1 Å². The highest BCUT2D eigenvalue weighted by molar-refractivity contribution is 8.93. The second-order valence-electron chi connectivity index (χ2n) is 6.32. The van der Waals surface area contributed by atoms with Crippen molar-refractivity contribution in [3.63, 3.8) is 0 Å². The zero-order valence-electron chi connectivity index (χ0n) is 15.5. The van der Waals surface area contributed by atoms with Crippen molar-refractivity contribution < 1.29 is 0 Å². The molecule has 0 aliphatic heterocycles. The maximum absolute atomic E-state index is 2.27. The van der Waals surface area contributed by atoms with Crippen LogP contribution in [-0.4, -0.2) is 0 Å². The van der Waals surface area contributed by atoms with Crippen LogP contribution in [0, 0.1) is 0 Å². The number of halogens is 1. The van der Waals surface area contributed by atoms with Crippen molar-refractivity contribution in [2.24, 2.45) is 0 Å². The molecule has 4 aromatic rings. The van der Waals surface area contributed by atoms with Crippen LogP contribution in [0.2, 0.25) is 0 Å². The molecule has 2 heteroatoms. The average molecular weight is 445 g/mol. The molecule has 3 aromatic carbocycles. The van der Waals surface area contributed by atoms with Crippen molar-refractivity contribution in [3.8, 4) is 33.1 Å². The second kappa shape index (κ2) is 10.1. The molecule has 0 aliphatic rings. The zero-order chi connectivity index (χ0) is 18.3. The van der Waals surface area contributed by atoms with Gasteiger partial charge in [0.1, 0.15) is 0 Å². The summed E-state index contributed by atoms with van der Waals surface area (Å²) in [7, 11) is 0.598. The summed E-state index contributed by atoms with van der Waals surface area (Å²) in [5.74, 6) is 2.27. The van der Waals surface area contributed by atoms with Gasteiger partial charge in [0.05, 0.1) is 0 Å². The van der Waals surface area contributed by atoms with E-state index >= 15 is 0 Å². The molecular formula is C26H22BrP. The lowest BCUT2D eigenvalue weighted by Gasteiger charge is -2.14. The summed E-state index contributed by atoms with van der Waals surface area (Å²) in [5.41, 5.74) is 6.34. The highest BCUT2D eigenvalue weighted by atomic mass is 79.9. The first kappa shape index (κ1) is 20.1. The fraction of sp³-hybridized carbons (Fsp3) is 0. The molecule has 4 rings (SSSR count). The van der Waals surface area contributed by atoms with E-state index in [9.17, 15) is 0 Å². The molecule has 0 N–H and O–H groups in total. The molecule has 0 nitrogen and oxygen atoms in total. The Morgan fingerprint density at radius 2 is 0.893 bits per heavy atom. The monoisotopic (exact) mass is 444 g/mol. The standard InChI is InChI=1S/C26H21P.BrH/c1-5-13-21(14-6-1)24-19-11-4-12-20-27-26(23-17-9-3-10-18-23)25(24)22-15-7-2-8-16-22;/h1-20,27H;1H. The van der Waals surface area contributed by atoms with Crippen LogP contribution in [-0.2, 0) is 0 Å². The number of hydrogen-bond donors (Lipinski definition) is 0. The van der Waals surface area contributed by atoms with E-state index in [1.165, 1.54) is 33.1 Å². The molecule has 0 spiro atoms. The van der Waals surface area contributed by atoms with Crippen LogP contribution in [0.3, 0.4) is 0 Å². The summed E-state index contributed by atoms with van der Waals surface area (Å²) in [6.45, 7) is 0. The van der Waals surface area contributed by atoms with Crippen LogP contribution < -0.4 is 0 Å². The molecule has 0 aliphatic carbocycles. The Balaban J connectivity index is 0.00000225. The number of rotatable bonds is 3. The van der Waals surface area contributed by atoms with Gasteiger partial charge < -0.3 is 0 Å². The molecule has 0 bridgehead atoms. The Hall–Kier alpha value is -2.60. The molecule has 138 valence electrons. The first-order valence-corrected chi connectivity index (χ1v) is 10.2. The molecule has 1 aromatic heterocycles. The Labute approximate surface area is 179 Å². The summed E-state index contributed by atoms with van der Waals surface area (Å²) >= 11 is 0. The Bertz CT molecular complexity index is 986. The van der Waals surface area contributed by atoms with Crippen LogP contribution in [0.15, 0.2) is 121 Å². The van der Waals surface area contributed by atoms with Gasteiger partial charge >= 0.3 is 0 Å². The van der Waals surface area contributed by atoms with Gasteiger partial charge in [-0.15, -0.1) is 25.2 Å². The van der Waals surface area contributed by atoms with Crippen molar-refractivity contribution in [2.75, 3.05) is 0 Å². The van der Waals surface area contributed by atoms with Crippen molar-refractivity contribution >= 4 is 25.2 Å². The van der Waals surface area contributed by atoms with Crippen LogP contribution >= 0.6 is 25.2 Å². The first-order chi connectivity index (χ1) is 13.4. The van der Waals surface area contributed by atoms with Gasteiger partial charge in [-0.25, -0.2) is 0 Å². The van der Waals surface area contributed by atoms with Gasteiger partial charge in [-0.2, -0.15) is 0 Å². The van der Waals surface area contributed by atoms with E-state index in [0.29, 0.717) is 8.19 Å². The van der Waals surface area contributed by atoms with Crippen LogP contribution in [0.4, 0.5) is 0 Å². The van der Waals surface area contributed by atoms with E-state index in [1.807, 2.05) is 0 Å². The molecular weight excluding hydrogens is 423 g/mol. The topological polar surface area (TPSA) is 0 Å². The normalized spacial score (nSPS) is 10.1. The highest BCUT2D eigenvalue weighted by Crippen LogP contribution is 2.41. The molecule has 1 heterocycles.